The SMILES string of the molecule is CC(C)Oc1ccc(-c2noc(-c3ccc(F)cc3Br)n2)cc1Cl.CC(C)Oc1ccc(-c2noc(-c3ccc(F)cc3C#N)n2)cc1Cl. The van der Waals surface area contributed by atoms with Gasteiger partial charge in [0, 0.05) is 15.6 Å². The van der Waals surface area contributed by atoms with E-state index in [1.807, 2.05) is 33.8 Å². The lowest BCUT2D eigenvalue weighted by molar-refractivity contribution is 0.242. The summed E-state index contributed by atoms with van der Waals surface area (Å²) in [6, 6.07) is 20.4. The molecule has 2 aromatic heterocycles. The van der Waals surface area contributed by atoms with Crippen LogP contribution in [0, 0.1) is 23.0 Å². The smallest absolute Gasteiger partial charge is 0.259 e. The van der Waals surface area contributed by atoms with Crippen LogP contribution < -0.4 is 9.47 Å². The summed E-state index contributed by atoms with van der Waals surface area (Å²) in [5.41, 5.74) is 2.43. The lowest BCUT2D eigenvalue weighted by atomic mass is 10.1. The molecule has 49 heavy (non-hydrogen) atoms. The van der Waals surface area contributed by atoms with E-state index < -0.39 is 5.82 Å². The fourth-order valence-corrected chi connectivity index (χ4v) is 5.31. The summed E-state index contributed by atoms with van der Waals surface area (Å²) >= 11 is 15.7. The highest BCUT2D eigenvalue weighted by atomic mass is 79.9. The van der Waals surface area contributed by atoms with E-state index in [0.29, 0.717) is 59.9 Å². The molecule has 0 aliphatic rings. The summed E-state index contributed by atoms with van der Waals surface area (Å²) in [6.07, 6.45) is 0.0314. The van der Waals surface area contributed by atoms with Crippen molar-refractivity contribution in [3.63, 3.8) is 0 Å². The lowest BCUT2D eigenvalue weighted by Gasteiger charge is -2.11. The molecule has 0 radical (unpaired) electrons. The number of nitriles is 1. The average molecular weight is 769 g/mol. The van der Waals surface area contributed by atoms with Gasteiger partial charge in [0.05, 0.1) is 38.9 Å². The van der Waals surface area contributed by atoms with Crippen LogP contribution in [0.2, 0.25) is 10.0 Å². The fraction of sp³-hybridized carbons (Fsp3) is 0.171. The third kappa shape index (κ3) is 8.80. The van der Waals surface area contributed by atoms with E-state index >= 15 is 0 Å². The molecule has 2 heterocycles. The second-order valence-electron chi connectivity index (χ2n) is 10.9. The first-order chi connectivity index (χ1) is 23.4. The van der Waals surface area contributed by atoms with Crippen molar-refractivity contribution < 1.29 is 27.3 Å². The van der Waals surface area contributed by atoms with E-state index in [-0.39, 0.29) is 35.4 Å². The number of ether oxygens (including phenoxy) is 2. The van der Waals surface area contributed by atoms with Gasteiger partial charge in [0.2, 0.25) is 11.6 Å². The fourth-order valence-electron chi connectivity index (χ4n) is 4.34. The third-order valence-corrected chi connectivity index (χ3v) is 7.70. The zero-order valence-corrected chi connectivity index (χ0v) is 29.4. The predicted octanol–water partition coefficient (Wildman–Crippen LogP) is 10.6. The normalized spacial score (nSPS) is 10.9. The molecule has 0 amide bonds. The first kappa shape index (κ1) is 35.5. The Morgan fingerprint density at radius 3 is 1.61 bits per heavy atom. The summed E-state index contributed by atoms with van der Waals surface area (Å²) < 4.78 is 48.6. The molecule has 0 saturated heterocycles. The lowest BCUT2D eigenvalue weighted by Crippen LogP contribution is -2.05. The van der Waals surface area contributed by atoms with E-state index in [9.17, 15) is 8.78 Å². The molecule has 6 aromatic rings. The molecule has 6 rings (SSSR count). The quantitative estimate of drug-likeness (QED) is 0.149. The van der Waals surface area contributed by atoms with Crippen LogP contribution in [0.3, 0.4) is 0 Å². The number of nitrogens with zero attached hydrogens (tertiary/aromatic N) is 5. The standard InChI is InChI=1S/C18H13ClFN3O2.C17H13BrClFN2O2/c1-10(2)24-16-6-3-11(8-15(16)19)17-22-18(25-23-17)14-5-4-13(20)7-12(14)9-21;1-9(2)23-15-6-3-10(7-14(15)19)16-21-17(24-22-16)12-5-4-11(20)8-13(12)18/h3-8,10H,1-2H3;3-9H,1-2H3. The average Bonchev–Trinajstić information content (AvgIpc) is 3.74. The maximum atomic E-state index is 13.2. The Hall–Kier alpha value is -4.83. The van der Waals surface area contributed by atoms with Crippen LogP contribution >= 0.6 is 39.1 Å². The van der Waals surface area contributed by atoms with Crippen molar-refractivity contribution in [1.29, 1.82) is 5.26 Å². The molecule has 0 aliphatic carbocycles. The molecule has 0 unspecified atom stereocenters. The second-order valence-corrected chi connectivity index (χ2v) is 12.6. The summed E-state index contributed by atoms with van der Waals surface area (Å²) in [6.45, 7) is 7.67. The number of halogens is 5. The van der Waals surface area contributed by atoms with Gasteiger partial charge in [-0.05, 0) is 116 Å². The van der Waals surface area contributed by atoms with Gasteiger partial charge in [0.25, 0.3) is 11.8 Å². The van der Waals surface area contributed by atoms with Gasteiger partial charge in [-0.1, -0.05) is 33.5 Å². The monoisotopic (exact) mass is 767 g/mol. The van der Waals surface area contributed by atoms with Gasteiger partial charge < -0.3 is 18.5 Å². The minimum Gasteiger partial charge on any atom is -0.489 e. The van der Waals surface area contributed by atoms with Gasteiger partial charge >= 0.3 is 0 Å². The maximum absolute atomic E-state index is 13.2. The zero-order chi connectivity index (χ0) is 35.2. The molecule has 250 valence electrons. The minimum absolute atomic E-state index is 0.00278. The summed E-state index contributed by atoms with van der Waals surface area (Å²) in [5, 5.41) is 17.9. The second kappa shape index (κ2) is 15.6. The molecule has 14 heteroatoms. The Labute approximate surface area is 298 Å². The molecule has 4 aromatic carbocycles. The molecular weight excluding hydrogens is 743 g/mol. The molecule has 0 bridgehead atoms. The van der Waals surface area contributed by atoms with Gasteiger partial charge in [-0.3, -0.25) is 0 Å². The molecule has 0 spiro atoms. The highest BCUT2D eigenvalue weighted by Crippen LogP contribution is 2.34. The van der Waals surface area contributed by atoms with Gasteiger partial charge in [-0.15, -0.1) is 0 Å². The van der Waals surface area contributed by atoms with Crippen molar-refractivity contribution in [3.8, 4) is 63.3 Å². The van der Waals surface area contributed by atoms with Crippen LogP contribution in [0.1, 0.15) is 33.3 Å². The Balaban J connectivity index is 0.000000191. The van der Waals surface area contributed by atoms with E-state index in [4.69, 9.17) is 47.0 Å². The van der Waals surface area contributed by atoms with Gasteiger partial charge in [0.1, 0.15) is 29.2 Å². The van der Waals surface area contributed by atoms with Crippen molar-refractivity contribution >= 4 is 39.1 Å². The van der Waals surface area contributed by atoms with Gasteiger partial charge in [-0.2, -0.15) is 15.2 Å². The van der Waals surface area contributed by atoms with Gasteiger partial charge in [0.15, 0.2) is 0 Å². The van der Waals surface area contributed by atoms with Crippen molar-refractivity contribution in [2.45, 2.75) is 39.9 Å². The number of hydrogen-bond donors (Lipinski definition) is 0. The number of hydrogen-bond acceptors (Lipinski definition) is 9. The molecule has 0 fully saturated rings. The molecule has 0 aliphatic heterocycles. The predicted molar refractivity (Wildman–Crippen MR) is 184 cm³/mol. The number of rotatable bonds is 8. The number of aromatic nitrogens is 4. The molecule has 0 saturated carbocycles. The molecular formula is C35H26BrCl2F2N5O4. The van der Waals surface area contributed by atoms with Crippen molar-refractivity contribution in [1.82, 2.24) is 20.3 Å². The number of benzene rings is 4. The van der Waals surface area contributed by atoms with E-state index in [2.05, 4.69) is 36.2 Å². The van der Waals surface area contributed by atoms with Crippen LogP contribution in [-0.2, 0) is 0 Å². The van der Waals surface area contributed by atoms with Crippen molar-refractivity contribution in [3.05, 3.63) is 105 Å². The van der Waals surface area contributed by atoms with Crippen molar-refractivity contribution in [2.75, 3.05) is 0 Å². The third-order valence-electron chi connectivity index (χ3n) is 6.45. The van der Waals surface area contributed by atoms with Crippen molar-refractivity contribution in [2.24, 2.45) is 0 Å². The van der Waals surface area contributed by atoms with Gasteiger partial charge in [-0.25, -0.2) is 8.78 Å². The Morgan fingerprint density at radius 1 is 0.694 bits per heavy atom. The van der Waals surface area contributed by atoms with E-state index in [1.165, 1.54) is 24.3 Å². The zero-order valence-electron chi connectivity index (χ0n) is 26.3. The Bertz CT molecular complexity index is 2150. The first-order valence-electron chi connectivity index (χ1n) is 14.7. The topological polar surface area (TPSA) is 120 Å². The summed E-state index contributed by atoms with van der Waals surface area (Å²) in [4.78, 5) is 8.61. The Morgan fingerprint density at radius 2 is 1.16 bits per heavy atom. The van der Waals surface area contributed by atoms with Crippen LogP contribution in [0.15, 0.2) is 86.3 Å². The van der Waals surface area contributed by atoms with Crippen LogP contribution in [-0.4, -0.2) is 32.5 Å². The molecule has 0 atom stereocenters. The first-order valence-corrected chi connectivity index (χ1v) is 16.2. The highest BCUT2D eigenvalue weighted by Gasteiger charge is 2.17. The summed E-state index contributed by atoms with van der Waals surface area (Å²) in [5.74, 6) is 1.42. The summed E-state index contributed by atoms with van der Waals surface area (Å²) in [7, 11) is 0. The maximum Gasteiger partial charge on any atom is 0.259 e. The van der Waals surface area contributed by atoms with E-state index in [1.54, 1.807) is 42.5 Å². The van der Waals surface area contributed by atoms with Crippen LogP contribution in [0.25, 0.3) is 45.7 Å². The molecule has 0 N–H and O–H groups in total. The van der Waals surface area contributed by atoms with E-state index in [0.717, 1.165) is 6.07 Å². The van der Waals surface area contributed by atoms with Crippen LogP contribution in [0.4, 0.5) is 8.78 Å². The minimum atomic E-state index is -0.507. The highest BCUT2D eigenvalue weighted by molar-refractivity contribution is 9.10. The van der Waals surface area contributed by atoms with Crippen LogP contribution in [0.5, 0.6) is 11.5 Å². The largest absolute Gasteiger partial charge is 0.489 e. The Kier molecular flexibility index (Phi) is 11.3. The molecule has 9 nitrogen and oxygen atoms in total.